The average Bonchev–Trinajstić information content (AvgIpc) is 2.48. The summed E-state index contributed by atoms with van der Waals surface area (Å²) in [5, 5.41) is 0.103. The number of rotatable bonds is 5. The van der Waals surface area contributed by atoms with E-state index in [4.69, 9.17) is 22.2 Å². The first-order valence-electron chi connectivity index (χ1n) is 6.28. The summed E-state index contributed by atoms with van der Waals surface area (Å²) < 4.78 is 19.5. The molecule has 0 aliphatic heterocycles. The van der Waals surface area contributed by atoms with Gasteiger partial charge in [0.2, 0.25) is 0 Å². The van der Waals surface area contributed by atoms with E-state index in [2.05, 4.69) is 21.4 Å². The monoisotopic (exact) mass is 372 g/mol. The van der Waals surface area contributed by atoms with Crippen molar-refractivity contribution in [2.24, 2.45) is 5.84 Å². The van der Waals surface area contributed by atoms with Gasteiger partial charge >= 0.3 is 0 Å². The van der Waals surface area contributed by atoms with Gasteiger partial charge in [0.15, 0.2) is 0 Å². The first-order valence-corrected chi connectivity index (χ1v) is 7.45. The number of hydrazine groups is 1. The van der Waals surface area contributed by atoms with Crippen LogP contribution in [0.1, 0.15) is 17.2 Å². The molecule has 0 spiro atoms. The third kappa shape index (κ3) is 3.95. The molecule has 0 bridgehead atoms. The highest BCUT2D eigenvalue weighted by Gasteiger charge is 2.16. The molecular formula is C15H15BrClFN2O. The summed E-state index contributed by atoms with van der Waals surface area (Å²) in [6.45, 7) is 0. The van der Waals surface area contributed by atoms with E-state index in [1.165, 1.54) is 6.07 Å². The van der Waals surface area contributed by atoms with Crippen LogP contribution < -0.4 is 16.0 Å². The Morgan fingerprint density at radius 1 is 1.33 bits per heavy atom. The number of nitrogens with one attached hydrogen (secondary N) is 1. The maximum absolute atomic E-state index is 13.2. The van der Waals surface area contributed by atoms with Gasteiger partial charge in [0.1, 0.15) is 11.6 Å². The van der Waals surface area contributed by atoms with Gasteiger partial charge in [-0.2, -0.15) is 0 Å². The zero-order valence-corrected chi connectivity index (χ0v) is 13.7. The van der Waals surface area contributed by atoms with Crippen LogP contribution in [0.5, 0.6) is 5.75 Å². The third-order valence-corrected chi connectivity index (χ3v) is 3.98. The van der Waals surface area contributed by atoms with E-state index in [1.54, 1.807) is 19.2 Å². The van der Waals surface area contributed by atoms with Gasteiger partial charge in [-0.05, 0) is 36.2 Å². The molecule has 1 unspecified atom stereocenters. The van der Waals surface area contributed by atoms with Gasteiger partial charge in [-0.3, -0.25) is 11.3 Å². The fraction of sp³-hybridized carbons (Fsp3) is 0.200. The van der Waals surface area contributed by atoms with Crippen LogP contribution in [0.4, 0.5) is 4.39 Å². The lowest BCUT2D eigenvalue weighted by Crippen LogP contribution is -2.30. The maximum Gasteiger partial charge on any atom is 0.141 e. The Bertz CT molecular complexity index is 639. The Morgan fingerprint density at radius 2 is 2.10 bits per heavy atom. The van der Waals surface area contributed by atoms with Crippen molar-refractivity contribution >= 4 is 27.5 Å². The lowest BCUT2D eigenvalue weighted by atomic mass is 9.98. The number of hydrogen-bond acceptors (Lipinski definition) is 3. The molecule has 0 saturated heterocycles. The predicted molar refractivity (Wildman–Crippen MR) is 85.9 cm³/mol. The molecule has 2 aromatic carbocycles. The Labute approximate surface area is 136 Å². The molecule has 0 saturated carbocycles. The van der Waals surface area contributed by atoms with Crippen LogP contribution in [0.25, 0.3) is 0 Å². The van der Waals surface area contributed by atoms with Crippen LogP contribution in [0.2, 0.25) is 5.02 Å². The second-order valence-corrected chi connectivity index (χ2v) is 5.88. The highest BCUT2D eigenvalue weighted by Crippen LogP contribution is 2.30. The van der Waals surface area contributed by atoms with E-state index in [0.717, 1.165) is 21.3 Å². The molecule has 1 atom stereocenters. The maximum atomic E-state index is 13.2. The Morgan fingerprint density at radius 3 is 2.71 bits per heavy atom. The van der Waals surface area contributed by atoms with E-state index in [9.17, 15) is 4.39 Å². The van der Waals surface area contributed by atoms with Crippen molar-refractivity contribution in [3.05, 3.63) is 62.8 Å². The lowest BCUT2D eigenvalue weighted by Gasteiger charge is -2.19. The molecule has 0 fully saturated rings. The molecule has 0 aromatic heterocycles. The molecule has 6 heteroatoms. The molecule has 112 valence electrons. The van der Waals surface area contributed by atoms with Gasteiger partial charge in [-0.1, -0.05) is 39.7 Å². The fourth-order valence-electron chi connectivity index (χ4n) is 2.13. The van der Waals surface area contributed by atoms with Gasteiger partial charge < -0.3 is 4.74 Å². The van der Waals surface area contributed by atoms with E-state index >= 15 is 0 Å². The van der Waals surface area contributed by atoms with Crippen molar-refractivity contribution in [3.63, 3.8) is 0 Å². The van der Waals surface area contributed by atoms with E-state index in [-0.39, 0.29) is 11.1 Å². The topological polar surface area (TPSA) is 47.3 Å². The molecule has 0 aliphatic carbocycles. The summed E-state index contributed by atoms with van der Waals surface area (Å²) in [5.74, 6) is 5.95. The summed E-state index contributed by atoms with van der Waals surface area (Å²) >= 11 is 9.21. The second kappa shape index (κ2) is 7.22. The molecular weight excluding hydrogens is 359 g/mol. The zero-order chi connectivity index (χ0) is 15.4. The van der Waals surface area contributed by atoms with Gasteiger partial charge in [-0.15, -0.1) is 0 Å². The minimum Gasteiger partial charge on any atom is -0.496 e. The molecule has 21 heavy (non-hydrogen) atoms. The van der Waals surface area contributed by atoms with Crippen molar-refractivity contribution in [2.75, 3.05) is 7.11 Å². The molecule has 3 nitrogen and oxygen atoms in total. The molecule has 2 aromatic rings. The van der Waals surface area contributed by atoms with Crippen molar-refractivity contribution in [1.82, 2.24) is 5.43 Å². The zero-order valence-electron chi connectivity index (χ0n) is 11.4. The van der Waals surface area contributed by atoms with Gasteiger partial charge in [0.25, 0.3) is 0 Å². The number of hydrogen-bond donors (Lipinski definition) is 2. The lowest BCUT2D eigenvalue weighted by molar-refractivity contribution is 0.398. The van der Waals surface area contributed by atoms with E-state index < -0.39 is 5.82 Å². The largest absolute Gasteiger partial charge is 0.496 e. The van der Waals surface area contributed by atoms with Crippen molar-refractivity contribution in [1.29, 1.82) is 0 Å². The number of nitrogens with two attached hydrogens (primary N) is 1. The predicted octanol–water partition coefficient (Wildman–Crippen LogP) is 4.00. The normalized spacial score (nSPS) is 12.2. The quantitative estimate of drug-likeness (QED) is 0.615. The molecule has 3 N–H and O–H groups in total. The summed E-state index contributed by atoms with van der Waals surface area (Å²) in [6, 6.07) is 10.2. The minimum atomic E-state index is -0.432. The number of benzene rings is 2. The number of methoxy groups -OCH3 is 1. The highest BCUT2D eigenvalue weighted by atomic mass is 79.9. The second-order valence-electron chi connectivity index (χ2n) is 4.56. The van der Waals surface area contributed by atoms with Crippen LogP contribution in [0.15, 0.2) is 40.9 Å². The first kappa shape index (κ1) is 16.2. The van der Waals surface area contributed by atoms with Crippen LogP contribution >= 0.6 is 27.5 Å². The van der Waals surface area contributed by atoms with Gasteiger partial charge in [-0.25, -0.2) is 4.39 Å². The van der Waals surface area contributed by atoms with E-state index in [0.29, 0.717) is 6.42 Å². The Balaban J connectivity index is 2.29. The standard InChI is InChI=1S/C15H15BrClFN2O/c1-21-15-8-10(16)3-4-11(15)14(20-19)7-9-2-5-13(18)12(17)6-9/h2-6,8,14,20H,7,19H2,1H3. The summed E-state index contributed by atoms with van der Waals surface area (Å²) in [6.07, 6.45) is 0.564. The minimum absolute atomic E-state index is 0.103. The molecule has 0 amide bonds. The molecule has 0 heterocycles. The smallest absolute Gasteiger partial charge is 0.141 e. The summed E-state index contributed by atoms with van der Waals surface area (Å²) in [7, 11) is 1.60. The number of halogens is 3. The molecule has 0 aliphatic rings. The van der Waals surface area contributed by atoms with Crippen LogP contribution in [-0.4, -0.2) is 7.11 Å². The first-order chi connectivity index (χ1) is 10.0. The number of ether oxygens (including phenoxy) is 1. The Kier molecular flexibility index (Phi) is 5.58. The fourth-order valence-corrected chi connectivity index (χ4v) is 2.68. The van der Waals surface area contributed by atoms with Crippen molar-refractivity contribution in [2.45, 2.75) is 12.5 Å². The highest BCUT2D eigenvalue weighted by molar-refractivity contribution is 9.10. The van der Waals surface area contributed by atoms with Crippen LogP contribution in [0.3, 0.4) is 0 Å². The third-order valence-electron chi connectivity index (χ3n) is 3.20. The summed E-state index contributed by atoms with van der Waals surface area (Å²) in [4.78, 5) is 0. The van der Waals surface area contributed by atoms with Crippen LogP contribution in [-0.2, 0) is 6.42 Å². The van der Waals surface area contributed by atoms with E-state index in [1.807, 2.05) is 18.2 Å². The molecule has 2 rings (SSSR count). The van der Waals surface area contributed by atoms with Crippen molar-refractivity contribution < 1.29 is 9.13 Å². The van der Waals surface area contributed by atoms with Crippen LogP contribution in [0, 0.1) is 5.82 Å². The summed E-state index contributed by atoms with van der Waals surface area (Å²) in [5.41, 5.74) is 4.57. The Hall–Kier alpha value is -1.14. The van der Waals surface area contributed by atoms with Crippen molar-refractivity contribution in [3.8, 4) is 5.75 Å². The average molecular weight is 374 g/mol. The SMILES string of the molecule is COc1cc(Br)ccc1C(Cc1ccc(F)c(Cl)c1)NN. The van der Waals surface area contributed by atoms with Gasteiger partial charge in [0, 0.05) is 10.0 Å². The molecule has 0 radical (unpaired) electrons. The van der Waals surface area contributed by atoms with Gasteiger partial charge in [0.05, 0.1) is 18.2 Å².